The third-order valence-corrected chi connectivity index (χ3v) is 2.92. The molecule has 0 aliphatic carbocycles. The largest absolute Gasteiger partial charge is 0.383 e. The first-order chi connectivity index (χ1) is 7.72. The van der Waals surface area contributed by atoms with E-state index in [0.717, 1.165) is 26.0 Å². The SMILES string of the molecule is CCCO[C@@H]1C[C@@H](COC)N(C(=O)CC)C1. The topological polar surface area (TPSA) is 38.8 Å². The zero-order valence-electron chi connectivity index (χ0n) is 10.6. The maximum absolute atomic E-state index is 11.7. The average Bonchev–Trinajstić information content (AvgIpc) is 2.69. The van der Waals surface area contributed by atoms with Gasteiger partial charge in [0, 0.05) is 26.7 Å². The van der Waals surface area contributed by atoms with E-state index in [2.05, 4.69) is 6.92 Å². The second kappa shape index (κ2) is 6.86. The van der Waals surface area contributed by atoms with Crippen LogP contribution in [0, 0.1) is 0 Å². The summed E-state index contributed by atoms with van der Waals surface area (Å²) in [6.45, 7) is 6.10. The molecular weight excluding hydrogens is 206 g/mol. The standard InChI is InChI=1S/C12H23NO3/c1-4-6-16-11-7-10(9-15-3)13(8-11)12(14)5-2/h10-11H,4-9H2,1-3H3/t10-,11+/m0/s1. The summed E-state index contributed by atoms with van der Waals surface area (Å²) in [6, 6.07) is 0.194. The Morgan fingerprint density at radius 1 is 1.44 bits per heavy atom. The fourth-order valence-electron chi connectivity index (χ4n) is 2.14. The zero-order chi connectivity index (χ0) is 12.0. The molecule has 0 unspecified atom stereocenters. The van der Waals surface area contributed by atoms with Crippen molar-refractivity contribution in [3.8, 4) is 0 Å². The van der Waals surface area contributed by atoms with Gasteiger partial charge in [0.2, 0.25) is 5.91 Å². The van der Waals surface area contributed by atoms with Crippen LogP contribution in [-0.2, 0) is 14.3 Å². The summed E-state index contributed by atoms with van der Waals surface area (Å²) in [5.41, 5.74) is 0. The van der Waals surface area contributed by atoms with E-state index in [0.29, 0.717) is 13.0 Å². The molecule has 1 fully saturated rings. The monoisotopic (exact) mass is 229 g/mol. The van der Waals surface area contributed by atoms with Gasteiger partial charge in [-0.25, -0.2) is 0 Å². The number of methoxy groups -OCH3 is 1. The van der Waals surface area contributed by atoms with Crippen molar-refractivity contribution in [3.63, 3.8) is 0 Å². The minimum absolute atomic E-state index is 0.190. The van der Waals surface area contributed by atoms with Gasteiger partial charge in [-0.05, 0) is 12.8 Å². The molecule has 0 saturated carbocycles. The zero-order valence-corrected chi connectivity index (χ0v) is 10.6. The molecule has 0 aromatic heterocycles. The molecule has 1 saturated heterocycles. The molecule has 0 aromatic carbocycles. The van der Waals surface area contributed by atoms with Crippen LogP contribution < -0.4 is 0 Å². The lowest BCUT2D eigenvalue weighted by Gasteiger charge is -2.23. The minimum atomic E-state index is 0.190. The van der Waals surface area contributed by atoms with Crippen molar-refractivity contribution in [1.29, 1.82) is 0 Å². The second-order valence-electron chi connectivity index (χ2n) is 4.24. The van der Waals surface area contributed by atoms with E-state index >= 15 is 0 Å². The van der Waals surface area contributed by atoms with Crippen molar-refractivity contribution in [2.45, 2.75) is 45.3 Å². The van der Waals surface area contributed by atoms with Crippen LogP contribution >= 0.6 is 0 Å². The molecule has 4 heteroatoms. The Bertz CT molecular complexity index is 220. The number of carbonyl (C=O) groups is 1. The summed E-state index contributed by atoms with van der Waals surface area (Å²) < 4.78 is 10.9. The molecular formula is C12H23NO3. The molecule has 0 radical (unpaired) electrons. The predicted molar refractivity (Wildman–Crippen MR) is 62.3 cm³/mol. The highest BCUT2D eigenvalue weighted by Crippen LogP contribution is 2.21. The van der Waals surface area contributed by atoms with Crippen LogP contribution in [0.15, 0.2) is 0 Å². The minimum Gasteiger partial charge on any atom is -0.383 e. The van der Waals surface area contributed by atoms with Crippen molar-refractivity contribution in [2.24, 2.45) is 0 Å². The lowest BCUT2D eigenvalue weighted by molar-refractivity contribution is -0.132. The van der Waals surface area contributed by atoms with Crippen molar-refractivity contribution in [3.05, 3.63) is 0 Å². The van der Waals surface area contributed by atoms with Crippen LogP contribution in [0.25, 0.3) is 0 Å². The molecule has 16 heavy (non-hydrogen) atoms. The van der Waals surface area contributed by atoms with E-state index in [1.165, 1.54) is 0 Å². The van der Waals surface area contributed by atoms with Gasteiger partial charge in [0.25, 0.3) is 0 Å². The summed E-state index contributed by atoms with van der Waals surface area (Å²) >= 11 is 0. The highest BCUT2D eigenvalue weighted by molar-refractivity contribution is 5.76. The first-order valence-corrected chi connectivity index (χ1v) is 6.12. The molecule has 1 heterocycles. The first kappa shape index (κ1) is 13.5. The van der Waals surface area contributed by atoms with Gasteiger partial charge in [-0.3, -0.25) is 4.79 Å². The number of ether oxygens (including phenoxy) is 2. The average molecular weight is 229 g/mol. The smallest absolute Gasteiger partial charge is 0.222 e. The van der Waals surface area contributed by atoms with Crippen molar-refractivity contribution < 1.29 is 14.3 Å². The van der Waals surface area contributed by atoms with Gasteiger partial charge < -0.3 is 14.4 Å². The molecule has 0 aromatic rings. The van der Waals surface area contributed by atoms with Gasteiger partial charge in [-0.1, -0.05) is 13.8 Å². The molecule has 1 rings (SSSR count). The van der Waals surface area contributed by atoms with Gasteiger partial charge in [0.05, 0.1) is 18.8 Å². The van der Waals surface area contributed by atoms with E-state index in [1.54, 1.807) is 7.11 Å². The third kappa shape index (κ3) is 3.46. The van der Waals surface area contributed by atoms with E-state index in [4.69, 9.17) is 9.47 Å². The molecule has 0 N–H and O–H groups in total. The molecule has 0 bridgehead atoms. The highest BCUT2D eigenvalue weighted by atomic mass is 16.5. The number of rotatable bonds is 6. The third-order valence-electron chi connectivity index (χ3n) is 2.92. The Balaban J connectivity index is 2.50. The predicted octanol–water partition coefficient (Wildman–Crippen LogP) is 1.44. The maximum Gasteiger partial charge on any atom is 0.222 e. The van der Waals surface area contributed by atoms with E-state index in [1.807, 2.05) is 11.8 Å². The van der Waals surface area contributed by atoms with Gasteiger partial charge in [0.1, 0.15) is 0 Å². The van der Waals surface area contributed by atoms with Crippen molar-refractivity contribution >= 4 is 5.91 Å². The molecule has 4 nitrogen and oxygen atoms in total. The lowest BCUT2D eigenvalue weighted by atomic mass is 10.2. The van der Waals surface area contributed by atoms with Crippen molar-refractivity contribution in [2.75, 3.05) is 26.9 Å². The summed E-state index contributed by atoms with van der Waals surface area (Å²) in [6.07, 6.45) is 2.67. The number of amides is 1. The molecule has 1 aliphatic rings. The van der Waals surface area contributed by atoms with Crippen LogP contribution in [0.3, 0.4) is 0 Å². The van der Waals surface area contributed by atoms with Crippen LogP contribution in [0.1, 0.15) is 33.1 Å². The van der Waals surface area contributed by atoms with Crippen LogP contribution in [-0.4, -0.2) is 49.8 Å². The van der Waals surface area contributed by atoms with Crippen LogP contribution in [0.4, 0.5) is 0 Å². The Hall–Kier alpha value is -0.610. The number of hydrogen-bond donors (Lipinski definition) is 0. The molecule has 2 atom stereocenters. The van der Waals surface area contributed by atoms with E-state index in [-0.39, 0.29) is 18.1 Å². The number of likely N-dealkylation sites (tertiary alicyclic amines) is 1. The molecule has 1 aliphatic heterocycles. The van der Waals surface area contributed by atoms with Gasteiger partial charge in [-0.15, -0.1) is 0 Å². The number of carbonyl (C=O) groups excluding carboxylic acids is 1. The van der Waals surface area contributed by atoms with E-state index in [9.17, 15) is 4.79 Å². The summed E-state index contributed by atoms with van der Waals surface area (Å²) in [4.78, 5) is 13.6. The quantitative estimate of drug-likeness (QED) is 0.692. The van der Waals surface area contributed by atoms with Gasteiger partial charge in [-0.2, -0.15) is 0 Å². The van der Waals surface area contributed by atoms with Crippen molar-refractivity contribution in [1.82, 2.24) is 4.90 Å². The van der Waals surface area contributed by atoms with Gasteiger partial charge in [0.15, 0.2) is 0 Å². The Kier molecular flexibility index (Phi) is 5.77. The molecule has 1 amide bonds. The Labute approximate surface area is 97.9 Å². The van der Waals surface area contributed by atoms with Gasteiger partial charge >= 0.3 is 0 Å². The van der Waals surface area contributed by atoms with Crippen LogP contribution in [0.2, 0.25) is 0 Å². The lowest BCUT2D eigenvalue weighted by Crippen LogP contribution is -2.38. The molecule has 0 spiro atoms. The summed E-state index contributed by atoms with van der Waals surface area (Å²) in [7, 11) is 1.68. The fourth-order valence-corrected chi connectivity index (χ4v) is 2.14. The van der Waals surface area contributed by atoms with Crippen LogP contribution in [0.5, 0.6) is 0 Å². The summed E-state index contributed by atoms with van der Waals surface area (Å²) in [5, 5.41) is 0. The molecule has 94 valence electrons. The summed E-state index contributed by atoms with van der Waals surface area (Å²) in [5.74, 6) is 0.199. The number of hydrogen-bond acceptors (Lipinski definition) is 3. The fraction of sp³-hybridized carbons (Fsp3) is 0.917. The number of nitrogens with zero attached hydrogens (tertiary/aromatic N) is 1. The normalized spacial score (nSPS) is 25.1. The Morgan fingerprint density at radius 3 is 2.75 bits per heavy atom. The van der Waals surface area contributed by atoms with E-state index < -0.39 is 0 Å². The Morgan fingerprint density at radius 2 is 2.19 bits per heavy atom. The highest BCUT2D eigenvalue weighted by Gasteiger charge is 2.34. The second-order valence-corrected chi connectivity index (χ2v) is 4.24. The first-order valence-electron chi connectivity index (χ1n) is 6.12. The maximum atomic E-state index is 11.7.